The number of hydrogen-bond acceptors (Lipinski definition) is 11. The van der Waals surface area contributed by atoms with Crippen molar-refractivity contribution in [2.24, 2.45) is 0 Å². The van der Waals surface area contributed by atoms with Crippen molar-refractivity contribution in [3.8, 4) is 11.5 Å². The van der Waals surface area contributed by atoms with Gasteiger partial charge in [0.15, 0.2) is 6.23 Å². The fourth-order valence-electron chi connectivity index (χ4n) is 6.63. The third-order valence-electron chi connectivity index (χ3n) is 9.38. The normalized spacial score (nSPS) is 19.0. The van der Waals surface area contributed by atoms with Gasteiger partial charge in [0.1, 0.15) is 42.2 Å². The summed E-state index contributed by atoms with van der Waals surface area (Å²) in [7, 11) is 3.17. The van der Waals surface area contributed by atoms with Gasteiger partial charge < -0.3 is 33.5 Å². The maximum Gasteiger partial charge on any atom is 0.330 e. The van der Waals surface area contributed by atoms with Gasteiger partial charge in [0, 0.05) is 30.3 Å². The van der Waals surface area contributed by atoms with Crippen LogP contribution in [0.15, 0.2) is 125 Å². The number of H-pyrrole nitrogens is 1. The summed E-state index contributed by atoms with van der Waals surface area (Å²) in [6, 6.07) is 32.1. The molecule has 0 aliphatic carbocycles. The largest absolute Gasteiger partial charge is 0.497 e. The molecule has 0 amide bonds. The average molecular weight is 740 g/mol. The zero-order valence-electron chi connectivity index (χ0n) is 29.9. The van der Waals surface area contributed by atoms with E-state index in [0.717, 1.165) is 27.3 Å². The van der Waals surface area contributed by atoms with Crippen LogP contribution in [0.1, 0.15) is 35.4 Å². The Morgan fingerprint density at radius 1 is 0.870 bits per heavy atom. The van der Waals surface area contributed by atoms with Crippen LogP contribution in [0.25, 0.3) is 0 Å². The third kappa shape index (κ3) is 8.12. The first-order chi connectivity index (χ1) is 26.1. The lowest BCUT2D eigenvalue weighted by Crippen LogP contribution is -2.41. The van der Waals surface area contributed by atoms with Gasteiger partial charge in [0.25, 0.3) is 11.2 Å². The van der Waals surface area contributed by atoms with Gasteiger partial charge in [-0.05, 0) is 47.9 Å². The predicted molar refractivity (Wildman–Crippen MR) is 197 cm³/mol. The summed E-state index contributed by atoms with van der Waals surface area (Å²) in [6.45, 7) is 1.21. The molecule has 54 heavy (non-hydrogen) atoms. The van der Waals surface area contributed by atoms with E-state index in [9.17, 15) is 24.8 Å². The molecule has 2 heterocycles. The second kappa shape index (κ2) is 17.0. The first-order valence-corrected chi connectivity index (χ1v) is 17.2. The van der Waals surface area contributed by atoms with Crippen LogP contribution in [0, 0.1) is 10.1 Å². The Balaban J connectivity index is 1.30. The Labute approximate surface area is 310 Å². The second-order valence-electron chi connectivity index (χ2n) is 12.7. The minimum atomic E-state index is -1.34. The van der Waals surface area contributed by atoms with E-state index in [2.05, 4.69) is 4.98 Å². The molecule has 14 nitrogen and oxygen atoms in total. The lowest BCUT2D eigenvalue weighted by atomic mass is 9.80. The highest BCUT2D eigenvalue weighted by molar-refractivity contribution is 5.50. The quantitative estimate of drug-likeness (QED) is 0.0621. The number of aromatic amines is 1. The maximum absolute atomic E-state index is 13.0. The maximum atomic E-state index is 13.0. The minimum Gasteiger partial charge on any atom is -0.497 e. The summed E-state index contributed by atoms with van der Waals surface area (Å²) >= 11 is 0. The Hall–Kier alpha value is -5.64. The topological polar surface area (TPSA) is 174 Å². The molecule has 0 saturated carbocycles. The number of nitro groups is 1. The number of nitro benzene ring substituents is 1. The van der Waals surface area contributed by atoms with Gasteiger partial charge in [-0.1, -0.05) is 72.8 Å². The van der Waals surface area contributed by atoms with E-state index in [1.54, 1.807) is 39.3 Å². The molecule has 1 fully saturated rings. The average Bonchev–Trinajstić information content (AvgIpc) is 3.49. The molecule has 6 rings (SSSR count). The molecular weight excluding hydrogens is 698 g/mol. The molecule has 1 aliphatic rings. The van der Waals surface area contributed by atoms with Crippen LogP contribution >= 0.6 is 0 Å². The van der Waals surface area contributed by atoms with Crippen LogP contribution in [-0.2, 0) is 31.0 Å². The Morgan fingerprint density at radius 3 is 2.06 bits per heavy atom. The lowest BCUT2D eigenvalue weighted by Gasteiger charge is -2.37. The molecule has 1 aliphatic heterocycles. The van der Waals surface area contributed by atoms with Crippen LogP contribution in [0.3, 0.4) is 0 Å². The number of ether oxygens (including phenoxy) is 6. The first-order valence-electron chi connectivity index (χ1n) is 17.2. The molecule has 0 radical (unpaired) electrons. The van der Waals surface area contributed by atoms with Gasteiger partial charge in [-0.2, -0.15) is 0 Å². The number of nitrogens with one attached hydrogen (secondary N) is 1. The number of methoxy groups -OCH3 is 2. The summed E-state index contributed by atoms with van der Waals surface area (Å²) in [5.74, 6) is 1.30. The highest BCUT2D eigenvalue weighted by Crippen LogP contribution is 2.43. The van der Waals surface area contributed by atoms with Gasteiger partial charge in [0.2, 0.25) is 0 Å². The number of nitrogens with zero attached hydrogens (tertiary/aromatic N) is 2. The summed E-state index contributed by atoms with van der Waals surface area (Å²) in [6.07, 6.45) is -3.76. The molecule has 14 heteroatoms. The van der Waals surface area contributed by atoms with Gasteiger partial charge in [-0.3, -0.25) is 24.5 Å². The zero-order chi connectivity index (χ0) is 38.2. The van der Waals surface area contributed by atoms with Gasteiger partial charge in [0.05, 0.1) is 31.9 Å². The molecule has 2 N–H and O–H groups in total. The van der Waals surface area contributed by atoms with Crippen molar-refractivity contribution in [2.45, 2.75) is 49.6 Å². The van der Waals surface area contributed by atoms with Gasteiger partial charge >= 0.3 is 5.69 Å². The van der Waals surface area contributed by atoms with E-state index < -0.39 is 52.4 Å². The minimum absolute atomic E-state index is 0.0234. The second-order valence-corrected chi connectivity index (χ2v) is 12.7. The standard InChI is InChI=1S/C40H41N3O11/c1-26(23-27-9-7-8-12-33(27)43(47)48)51-25-52-37-36(45)34(54-38(37)42-22-21-35(44)41-39(42)46)24-53-40(28-10-5-4-6-11-28,29-13-17-31(49-2)18-14-29)30-15-19-32(50-3)20-16-30/h4-22,26,34,36-38,45H,23-25H2,1-3H3,(H,41,44,46)/t26?,34-,36-,37-,38-/m0/s1. The molecular formula is C40H41N3O11. The van der Waals surface area contributed by atoms with Crippen LogP contribution < -0.4 is 20.7 Å². The van der Waals surface area contributed by atoms with Crippen LogP contribution in [-0.4, -0.2) is 71.6 Å². The number of aliphatic hydroxyl groups is 1. The molecule has 5 atom stereocenters. The van der Waals surface area contributed by atoms with Crippen LogP contribution in [0.2, 0.25) is 0 Å². The molecule has 1 unspecified atom stereocenters. The van der Waals surface area contributed by atoms with E-state index in [0.29, 0.717) is 17.1 Å². The molecule has 1 aromatic heterocycles. The summed E-state index contributed by atoms with van der Waals surface area (Å²) < 4.78 is 37.2. The van der Waals surface area contributed by atoms with Crippen molar-refractivity contribution in [1.82, 2.24) is 9.55 Å². The van der Waals surface area contributed by atoms with Crippen molar-refractivity contribution in [2.75, 3.05) is 27.6 Å². The van der Waals surface area contributed by atoms with E-state index in [4.69, 9.17) is 28.4 Å². The monoisotopic (exact) mass is 739 g/mol. The number of benzene rings is 4. The van der Waals surface area contributed by atoms with Crippen molar-refractivity contribution in [1.29, 1.82) is 0 Å². The van der Waals surface area contributed by atoms with Crippen molar-refractivity contribution in [3.05, 3.63) is 169 Å². The predicted octanol–water partition coefficient (Wildman–Crippen LogP) is 4.72. The SMILES string of the molecule is COc1ccc(C(OC[C@@H]2O[C@H](n3ccc(=O)[nH]c3=O)[C@@H](OCOC(C)Cc3ccccc3[N+](=O)[O-])[C@H]2O)(c2ccccc2)c2ccc(OC)cc2)cc1. The Kier molecular flexibility index (Phi) is 12.0. The van der Waals surface area contributed by atoms with Crippen molar-refractivity contribution < 1.29 is 38.5 Å². The van der Waals surface area contributed by atoms with Crippen molar-refractivity contribution in [3.63, 3.8) is 0 Å². The van der Waals surface area contributed by atoms with Crippen LogP contribution in [0.5, 0.6) is 11.5 Å². The number of hydrogen-bond donors (Lipinski definition) is 2. The smallest absolute Gasteiger partial charge is 0.330 e. The summed E-state index contributed by atoms with van der Waals surface area (Å²) in [5.41, 5.74) is 0.167. The van der Waals surface area contributed by atoms with Gasteiger partial charge in [-0.25, -0.2) is 4.79 Å². The first kappa shape index (κ1) is 38.1. The Bertz CT molecular complexity index is 2070. The van der Waals surface area contributed by atoms with E-state index in [-0.39, 0.29) is 25.5 Å². The number of rotatable bonds is 16. The molecule has 4 aromatic carbocycles. The highest BCUT2D eigenvalue weighted by atomic mass is 16.7. The molecule has 0 spiro atoms. The summed E-state index contributed by atoms with van der Waals surface area (Å²) in [5, 5.41) is 23.3. The van der Waals surface area contributed by atoms with E-state index >= 15 is 0 Å². The number of aromatic nitrogens is 2. The molecule has 0 bridgehead atoms. The molecule has 5 aromatic rings. The van der Waals surface area contributed by atoms with E-state index in [1.165, 1.54) is 12.3 Å². The lowest BCUT2D eigenvalue weighted by molar-refractivity contribution is -0.385. The van der Waals surface area contributed by atoms with Gasteiger partial charge in [-0.15, -0.1) is 0 Å². The molecule has 1 saturated heterocycles. The number of aliphatic hydroxyl groups excluding tert-OH is 1. The summed E-state index contributed by atoms with van der Waals surface area (Å²) in [4.78, 5) is 38.2. The fraction of sp³-hybridized carbons (Fsp3) is 0.300. The highest BCUT2D eigenvalue weighted by Gasteiger charge is 2.48. The van der Waals surface area contributed by atoms with E-state index in [1.807, 2.05) is 78.9 Å². The zero-order valence-corrected chi connectivity index (χ0v) is 29.9. The van der Waals surface area contributed by atoms with Crippen molar-refractivity contribution >= 4 is 5.69 Å². The number of para-hydroxylation sites is 1. The van der Waals surface area contributed by atoms with Crippen LogP contribution in [0.4, 0.5) is 5.69 Å². The fourth-order valence-corrected chi connectivity index (χ4v) is 6.63. The molecule has 282 valence electrons. The third-order valence-corrected chi connectivity index (χ3v) is 9.38. The Morgan fingerprint density at radius 2 is 1.46 bits per heavy atom.